The fourth-order valence-corrected chi connectivity index (χ4v) is 2.05. The molecule has 6 heteroatoms. The second-order valence-corrected chi connectivity index (χ2v) is 4.07. The predicted octanol–water partition coefficient (Wildman–Crippen LogP) is -0.558. The number of aryl methyl sites for hydroxylation is 1. The van der Waals surface area contributed by atoms with E-state index in [0.29, 0.717) is 18.8 Å². The summed E-state index contributed by atoms with van der Waals surface area (Å²) >= 11 is 0. The quantitative estimate of drug-likeness (QED) is 0.690. The van der Waals surface area contributed by atoms with Crippen molar-refractivity contribution in [3.05, 3.63) is 17.0 Å². The lowest BCUT2D eigenvalue weighted by Gasteiger charge is -2.14. The molecule has 0 saturated carbocycles. The van der Waals surface area contributed by atoms with Crippen molar-refractivity contribution in [3.8, 4) is 0 Å². The monoisotopic (exact) mass is 238 g/mol. The molecule has 1 aromatic heterocycles. The van der Waals surface area contributed by atoms with E-state index in [2.05, 4.69) is 15.7 Å². The van der Waals surface area contributed by atoms with E-state index in [0.717, 1.165) is 30.8 Å². The SMILES string of the molecule is COCCNC(=O)c1nn(C)c2c1CNCC2. The third kappa shape index (κ3) is 2.48. The van der Waals surface area contributed by atoms with Gasteiger partial charge in [0, 0.05) is 51.5 Å². The number of ether oxygens (including phenoxy) is 1. The number of hydrogen-bond donors (Lipinski definition) is 2. The average Bonchev–Trinajstić information content (AvgIpc) is 2.68. The van der Waals surface area contributed by atoms with Gasteiger partial charge in [0.2, 0.25) is 0 Å². The number of aromatic nitrogens is 2. The van der Waals surface area contributed by atoms with Crippen LogP contribution in [0, 0.1) is 0 Å². The van der Waals surface area contributed by atoms with Crippen LogP contribution in [0.25, 0.3) is 0 Å². The van der Waals surface area contributed by atoms with Crippen LogP contribution in [0.5, 0.6) is 0 Å². The highest BCUT2D eigenvalue weighted by Gasteiger charge is 2.23. The van der Waals surface area contributed by atoms with Crippen LogP contribution in [0.3, 0.4) is 0 Å². The molecular weight excluding hydrogens is 220 g/mol. The van der Waals surface area contributed by atoms with Gasteiger partial charge >= 0.3 is 0 Å². The van der Waals surface area contributed by atoms with Gasteiger partial charge in [-0.25, -0.2) is 0 Å². The molecule has 1 aliphatic heterocycles. The molecule has 0 fully saturated rings. The molecule has 0 aromatic carbocycles. The van der Waals surface area contributed by atoms with Crippen molar-refractivity contribution in [3.63, 3.8) is 0 Å². The van der Waals surface area contributed by atoms with Crippen molar-refractivity contribution in [2.24, 2.45) is 7.05 Å². The van der Waals surface area contributed by atoms with E-state index in [1.54, 1.807) is 11.8 Å². The molecule has 17 heavy (non-hydrogen) atoms. The molecule has 2 heterocycles. The summed E-state index contributed by atoms with van der Waals surface area (Å²) in [5.41, 5.74) is 2.71. The van der Waals surface area contributed by atoms with Crippen molar-refractivity contribution >= 4 is 5.91 Å². The third-order valence-corrected chi connectivity index (χ3v) is 2.92. The number of carbonyl (C=O) groups excluding carboxylic acids is 1. The van der Waals surface area contributed by atoms with Crippen molar-refractivity contribution in [2.45, 2.75) is 13.0 Å². The summed E-state index contributed by atoms with van der Waals surface area (Å²) in [7, 11) is 3.49. The zero-order valence-corrected chi connectivity index (χ0v) is 10.2. The summed E-state index contributed by atoms with van der Waals surface area (Å²) in [6.45, 7) is 2.68. The smallest absolute Gasteiger partial charge is 0.272 e. The Hall–Kier alpha value is -1.40. The summed E-state index contributed by atoms with van der Waals surface area (Å²) in [5, 5.41) is 10.3. The molecule has 0 bridgehead atoms. The molecule has 2 N–H and O–H groups in total. The zero-order valence-electron chi connectivity index (χ0n) is 10.2. The second-order valence-electron chi connectivity index (χ2n) is 4.07. The first-order valence-corrected chi connectivity index (χ1v) is 5.76. The van der Waals surface area contributed by atoms with Gasteiger partial charge in [0.25, 0.3) is 5.91 Å². The number of nitrogens with zero attached hydrogens (tertiary/aromatic N) is 2. The van der Waals surface area contributed by atoms with E-state index >= 15 is 0 Å². The van der Waals surface area contributed by atoms with Gasteiger partial charge in [-0.15, -0.1) is 0 Å². The standard InChI is InChI=1S/C11H18N4O2/c1-15-9-3-4-12-7-8(9)10(14-15)11(16)13-5-6-17-2/h12H,3-7H2,1-2H3,(H,13,16). The Kier molecular flexibility index (Phi) is 3.75. The van der Waals surface area contributed by atoms with Crippen LogP contribution in [0.4, 0.5) is 0 Å². The average molecular weight is 238 g/mol. The van der Waals surface area contributed by atoms with Crippen LogP contribution in [0.1, 0.15) is 21.7 Å². The van der Waals surface area contributed by atoms with Crippen molar-refractivity contribution < 1.29 is 9.53 Å². The third-order valence-electron chi connectivity index (χ3n) is 2.92. The molecular formula is C11H18N4O2. The minimum Gasteiger partial charge on any atom is -0.383 e. The number of methoxy groups -OCH3 is 1. The van der Waals surface area contributed by atoms with Crippen LogP contribution in [0.2, 0.25) is 0 Å². The molecule has 1 aliphatic rings. The Morgan fingerprint density at radius 1 is 1.65 bits per heavy atom. The van der Waals surface area contributed by atoms with Crippen LogP contribution in [-0.4, -0.2) is 42.5 Å². The van der Waals surface area contributed by atoms with Gasteiger partial charge in [0.05, 0.1) is 6.61 Å². The molecule has 2 rings (SSSR count). The van der Waals surface area contributed by atoms with Gasteiger partial charge in [0.15, 0.2) is 5.69 Å². The molecule has 0 saturated heterocycles. The van der Waals surface area contributed by atoms with Gasteiger partial charge in [-0.2, -0.15) is 5.10 Å². The van der Waals surface area contributed by atoms with Crippen LogP contribution >= 0.6 is 0 Å². The van der Waals surface area contributed by atoms with Gasteiger partial charge in [-0.3, -0.25) is 9.48 Å². The van der Waals surface area contributed by atoms with Crippen molar-refractivity contribution in [1.29, 1.82) is 0 Å². The maximum atomic E-state index is 11.9. The Balaban J connectivity index is 2.12. The molecule has 0 spiro atoms. The first kappa shape index (κ1) is 12.1. The molecule has 1 aromatic rings. The lowest BCUT2D eigenvalue weighted by Crippen LogP contribution is -2.30. The zero-order chi connectivity index (χ0) is 12.3. The fraction of sp³-hybridized carbons (Fsp3) is 0.636. The van der Waals surface area contributed by atoms with E-state index in [1.807, 2.05) is 7.05 Å². The number of carbonyl (C=O) groups is 1. The van der Waals surface area contributed by atoms with Crippen LogP contribution < -0.4 is 10.6 Å². The van der Waals surface area contributed by atoms with Crippen molar-refractivity contribution in [1.82, 2.24) is 20.4 Å². The van der Waals surface area contributed by atoms with Gasteiger partial charge in [0.1, 0.15) is 0 Å². The number of amides is 1. The number of hydrogen-bond acceptors (Lipinski definition) is 4. The van der Waals surface area contributed by atoms with E-state index in [4.69, 9.17) is 4.74 Å². The van der Waals surface area contributed by atoms with Gasteiger partial charge in [-0.05, 0) is 0 Å². The maximum absolute atomic E-state index is 11.9. The highest BCUT2D eigenvalue weighted by atomic mass is 16.5. The molecule has 94 valence electrons. The predicted molar refractivity (Wildman–Crippen MR) is 62.8 cm³/mol. The molecule has 1 amide bonds. The van der Waals surface area contributed by atoms with Crippen LogP contribution in [-0.2, 0) is 24.8 Å². The molecule has 0 radical (unpaired) electrons. The normalized spacial score (nSPS) is 14.5. The Morgan fingerprint density at radius 3 is 3.24 bits per heavy atom. The van der Waals surface area contributed by atoms with E-state index in [9.17, 15) is 4.79 Å². The summed E-state index contributed by atoms with van der Waals surface area (Å²) in [4.78, 5) is 11.9. The summed E-state index contributed by atoms with van der Waals surface area (Å²) in [6.07, 6.45) is 0.921. The lowest BCUT2D eigenvalue weighted by molar-refractivity contribution is 0.0930. The second kappa shape index (κ2) is 5.29. The molecule has 0 unspecified atom stereocenters. The first-order valence-electron chi connectivity index (χ1n) is 5.76. The Morgan fingerprint density at radius 2 is 2.47 bits per heavy atom. The molecule has 6 nitrogen and oxygen atoms in total. The lowest BCUT2D eigenvalue weighted by atomic mass is 10.1. The number of fused-ring (bicyclic) bond motifs is 1. The number of rotatable bonds is 4. The highest BCUT2D eigenvalue weighted by Crippen LogP contribution is 2.17. The first-order chi connectivity index (χ1) is 8.24. The minimum atomic E-state index is -0.123. The van der Waals surface area contributed by atoms with Gasteiger partial charge < -0.3 is 15.4 Å². The largest absolute Gasteiger partial charge is 0.383 e. The number of nitrogens with one attached hydrogen (secondary N) is 2. The maximum Gasteiger partial charge on any atom is 0.272 e. The summed E-state index contributed by atoms with van der Waals surface area (Å²) < 4.78 is 6.70. The van der Waals surface area contributed by atoms with Crippen LogP contribution in [0.15, 0.2) is 0 Å². The van der Waals surface area contributed by atoms with Gasteiger partial charge in [-0.1, -0.05) is 0 Å². The van der Waals surface area contributed by atoms with E-state index in [1.165, 1.54) is 0 Å². The molecule has 0 atom stereocenters. The van der Waals surface area contributed by atoms with Crippen molar-refractivity contribution in [2.75, 3.05) is 26.8 Å². The summed E-state index contributed by atoms with van der Waals surface area (Å²) in [6, 6.07) is 0. The minimum absolute atomic E-state index is 0.123. The Labute approximate surface area is 100 Å². The highest BCUT2D eigenvalue weighted by molar-refractivity contribution is 5.94. The Bertz CT molecular complexity index is 414. The topological polar surface area (TPSA) is 68.2 Å². The summed E-state index contributed by atoms with van der Waals surface area (Å²) in [5.74, 6) is -0.123. The fourth-order valence-electron chi connectivity index (χ4n) is 2.05. The molecule has 0 aliphatic carbocycles. The van der Waals surface area contributed by atoms with E-state index in [-0.39, 0.29) is 5.91 Å². The van der Waals surface area contributed by atoms with E-state index < -0.39 is 0 Å².